The maximum absolute atomic E-state index is 14.1. The van der Waals surface area contributed by atoms with Crippen LogP contribution in [0.2, 0.25) is 0 Å². The van der Waals surface area contributed by atoms with Crippen molar-refractivity contribution < 1.29 is 23.5 Å². The molecule has 0 N–H and O–H groups in total. The molecule has 1 amide bonds. The number of ether oxygens (including phenoxy) is 2. The van der Waals surface area contributed by atoms with E-state index in [1.54, 1.807) is 11.8 Å². The summed E-state index contributed by atoms with van der Waals surface area (Å²) in [6.45, 7) is 8.26. The van der Waals surface area contributed by atoms with Gasteiger partial charge >= 0.3 is 12.1 Å². The van der Waals surface area contributed by atoms with Gasteiger partial charge in [0.25, 0.3) is 0 Å². The molecule has 0 radical (unpaired) electrons. The monoisotopic (exact) mass is 457 g/mol. The number of amides is 1. The van der Waals surface area contributed by atoms with Crippen LogP contribution in [0.1, 0.15) is 72.2 Å². The summed E-state index contributed by atoms with van der Waals surface area (Å²) in [6.07, 6.45) is -0.630. The minimum absolute atomic E-state index is 0.0949. The number of nitrogens with zero attached hydrogens (tertiary/aromatic N) is 3. The van der Waals surface area contributed by atoms with E-state index in [2.05, 4.69) is 4.98 Å². The van der Waals surface area contributed by atoms with Crippen LogP contribution in [0.25, 0.3) is 4.96 Å². The van der Waals surface area contributed by atoms with Crippen LogP contribution in [-0.2, 0) is 15.9 Å². The lowest BCUT2D eigenvalue weighted by molar-refractivity contribution is 0.00769. The number of likely N-dealkylation sites (tertiary alicyclic amines) is 1. The number of aryl methyl sites for hydroxylation is 1. The summed E-state index contributed by atoms with van der Waals surface area (Å²) in [5.74, 6) is -0.586. The smallest absolute Gasteiger partial charge is 0.410 e. The molecular weight excluding hydrogens is 433 g/mol. The molecule has 30 heavy (non-hydrogen) atoms. The van der Waals surface area contributed by atoms with Crippen molar-refractivity contribution >= 4 is 40.0 Å². The summed E-state index contributed by atoms with van der Waals surface area (Å²) in [7, 11) is 0. The summed E-state index contributed by atoms with van der Waals surface area (Å²) in [5.41, 5.74) is 1.29. The van der Waals surface area contributed by atoms with Crippen molar-refractivity contribution in [1.82, 2.24) is 14.3 Å². The van der Waals surface area contributed by atoms with Gasteiger partial charge in [0.05, 0.1) is 12.3 Å². The Kier molecular flexibility index (Phi) is 5.47. The van der Waals surface area contributed by atoms with Gasteiger partial charge in [0.1, 0.15) is 17.1 Å². The first kappa shape index (κ1) is 21.4. The van der Waals surface area contributed by atoms with Crippen molar-refractivity contribution in [2.45, 2.75) is 63.6 Å². The van der Waals surface area contributed by atoms with Crippen molar-refractivity contribution in [1.29, 1.82) is 0 Å². The number of fused-ring (bicyclic) bond motifs is 3. The van der Waals surface area contributed by atoms with Crippen LogP contribution in [0, 0.1) is 0 Å². The van der Waals surface area contributed by atoms with E-state index in [0.717, 1.165) is 10.6 Å². The third-order valence-electron chi connectivity index (χ3n) is 5.25. The molecule has 2 aromatic rings. The van der Waals surface area contributed by atoms with Gasteiger partial charge in [-0.3, -0.25) is 4.40 Å². The third kappa shape index (κ3) is 3.66. The molecule has 0 aromatic carbocycles. The molecule has 7 nitrogen and oxygen atoms in total. The van der Waals surface area contributed by atoms with Crippen molar-refractivity contribution in [3.63, 3.8) is 0 Å². The van der Waals surface area contributed by atoms with Crippen molar-refractivity contribution in [3.8, 4) is 0 Å². The van der Waals surface area contributed by atoms with Gasteiger partial charge in [0, 0.05) is 29.6 Å². The number of hydrogen-bond donors (Lipinski definition) is 0. The molecule has 164 valence electrons. The fraction of sp³-hybridized carbons (Fsp3) is 0.650. The Labute approximate surface area is 183 Å². The van der Waals surface area contributed by atoms with Crippen molar-refractivity contribution in [2.75, 3.05) is 19.7 Å². The van der Waals surface area contributed by atoms with E-state index in [1.807, 2.05) is 25.2 Å². The lowest BCUT2D eigenvalue weighted by atomic mass is 9.94. The molecule has 2 atom stereocenters. The Balaban J connectivity index is 1.69. The Bertz CT molecular complexity index is 992. The van der Waals surface area contributed by atoms with Crippen LogP contribution in [0.4, 0.5) is 9.18 Å². The molecule has 1 aliphatic carbocycles. The molecule has 0 spiro atoms. The van der Waals surface area contributed by atoms with Crippen LogP contribution in [0.3, 0.4) is 0 Å². The molecule has 10 heteroatoms. The Morgan fingerprint density at radius 1 is 1.33 bits per heavy atom. The standard InChI is InChI=1S/C20H25ClFN3O4S/c1-5-28-17(26)14-15(10-8-24(9-10)19(27)29-20(2,3)4)25-12-7-6-11(22)13(21)16(12)30-18(25)23-14/h10-11,13H,5-9H2,1-4H3. The van der Waals surface area contributed by atoms with E-state index in [0.29, 0.717) is 36.6 Å². The molecule has 0 bridgehead atoms. The molecule has 2 aromatic heterocycles. The van der Waals surface area contributed by atoms with Crippen LogP contribution >= 0.6 is 22.9 Å². The Hall–Kier alpha value is -1.87. The first-order valence-corrected chi connectivity index (χ1v) is 11.3. The summed E-state index contributed by atoms with van der Waals surface area (Å²) in [6, 6.07) is 0. The molecule has 1 aliphatic heterocycles. The highest BCUT2D eigenvalue weighted by molar-refractivity contribution is 7.17. The van der Waals surface area contributed by atoms with Gasteiger partial charge < -0.3 is 14.4 Å². The van der Waals surface area contributed by atoms with Crippen molar-refractivity contribution in [2.24, 2.45) is 0 Å². The van der Waals surface area contributed by atoms with E-state index < -0.39 is 23.1 Å². The predicted molar refractivity (Wildman–Crippen MR) is 111 cm³/mol. The van der Waals surface area contributed by atoms with E-state index in [1.165, 1.54) is 11.3 Å². The van der Waals surface area contributed by atoms with Gasteiger partial charge in [-0.05, 0) is 40.5 Å². The second-order valence-electron chi connectivity index (χ2n) is 8.64. The zero-order valence-electron chi connectivity index (χ0n) is 17.4. The molecule has 1 saturated heterocycles. The highest BCUT2D eigenvalue weighted by atomic mass is 35.5. The van der Waals surface area contributed by atoms with E-state index in [-0.39, 0.29) is 24.3 Å². The summed E-state index contributed by atoms with van der Waals surface area (Å²) < 4.78 is 26.7. The molecule has 4 rings (SSSR count). The molecule has 2 unspecified atom stereocenters. The fourth-order valence-electron chi connectivity index (χ4n) is 3.90. The first-order chi connectivity index (χ1) is 14.1. The maximum Gasteiger partial charge on any atom is 0.410 e. The Morgan fingerprint density at radius 3 is 2.67 bits per heavy atom. The molecule has 0 saturated carbocycles. The maximum atomic E-state index is 14.1. The summed E-state index contributed by atoms with van der Waals surface area (Å²) in [5, 5.41) is -0.709. The number of imidazole rings is 1. The largest absolute Gasteiger partial charge is 0.461 e. The number of aromatic nitrogens is 2. The minimum atomic E-state index is -1.10. The predicted octanol–water partition coefficient (Wildman–Crippen LogP) is 4.47. The van der Waals surface area contributed by atoms with Gasteiger partial charge in [-0.1, -0.05) is 11.3 Å². The normalized spacial score (nSPS) is 22.0. The highest BCUT2D eigenvalue weighted by Gasteiger charge is 2.41. The third-order valence-corrected chi connectivity index (χ3v) is 7.04. The van der Waals surface area contributed by atoms with Gasteiger partial charge in [-0.15, -0.1) is 11.6 Å². The number of hydrogen-bond acceptors (Lipinski definition) is 6. The van der Waals surface area contributed by atoms with Gasteiger partial charge in [0.15, 0.2) is 10.7 Å². The second-order valence-corrected chi connectivity index (χ2v) is 10.1. The minimum Gasteiger partial charge on any atom is -0.461 e. The number of carbonyl (C=O) groups excluding carboxylic acids is 2. The number of halogens is 2. The van der Waals surface area contributed by atoms with E-state index in [9.17, 15) is 14.0 Å². The van der Waals surface area contributed by atoms with Crippen LogP contribution in [0.5, 0.6) is 0 Å². The second kappa shape index (κ2) is 7.67. The molecular formula is C20H25ClFN3O4S. The lowest BCUT2D eigenvalue weighted by Gasteiger charge is -2.40. The van der Waals surface area contributed by atoms with E-state index in [4.69, 9.17) is 21.1 Å². The first-order valence-electron chi connectivity index (χ1n) is 10.1. The molecule has 2 aliphatic rings. The quantitative estimate of drug-likeness (QED) is 0.502. The molecule has 1 fully saturated rings. The van der Waals surface area contributed by atoms with Gasteiger partial charge in [0.2, 0.25) is 0 Å². The number of carbonyl (C=O) groups is 2. The van der Waals surface area contributed by atoms with Crippen LogP contribution < -0.4 is 0 Å². The van der Waals surface area contributed by atoms with E-state index >= 15 is 0 Å². The van der Waals surface area contributed by atoms with Gasteiger partial charge in [-0.2, -0.15) is 0 Å². The number of thiazole rings is 1. The average molecular weight is 458 g/mol. The SMILES string of the molecule is CCOC(=O)c1nc2sc3c(n2c1C1CN(C(=O)OC(C)(C)C)C1)CCC(F)C3Cl. The average Bonchev–Trinajstić information content (AvgIpc) is 3.13. The van der Waals surface area contributed by atoms with Gasteiger partial charge in [-0.25, -0.2) is 19.0 Å². The molecule has 3 heterocycles. The zero-order valence-corrected chi connectivity index (χ0v) is 19.0. The van der Waals surface area contributed by atoms with Crippen LogP contribution in [0.15, 0.2) is 0 Å². The number of alkyl halides is 2. The number of esters is 1. The highest BCUT2D eigenvalue weighted by Crippen LogP contribution is 2.44. The Morgan fingerprint density at radius 2 is 2.03 bits per heavy atom. The lowest BCUT2D eigenvalue weighted by Crippen LogP contribution is -2.51. The zero-order chi connectivity index (χ0) is 21.8. The summed E-state index contributed by atoms with van der Waals surface area (Å²) >= 11 is 7.63. The topological polar surface area (TPSA) is 73.1 Å². The summed E-state index contributed by atoms with van der Waals surface area (Å²) in [4.78, 5) is 32.4. The fourth-order valence-corrected chi connectivity index (χ4v) is 5.49. The van der Waals surface area contributed by atoms with Crippen LogP contribution in [-0.4, -0.2) is 57.8 Å². The van der Waals surface area contributed by atoms with Crippen molar-refractivity contribution in [3.05, 3.63) is 22.0 Å². The number of rotatable bonds is 3.